The number of ether oxygens (including phenoxy) is 3. The van der Waals surface area contributed by atoms with Gasteiger partial charge in [-0.05, 0) is 70.9 Å². The van der Waals surface area contributed by atoms with Gasteiger partial charge in [0.2, 0.25) is 0 Å². The first-order valence-corrected chi connectivity index (χ1v) is 13.0. The summed E-state index contributed by atoms with van der Waals surface area (Å²) >= 11 is 0. The van der Waals surface area contributed by atoms with Crippen molar-refractivity contribution in [2.75, 3.05) is 19.3 Å². The molecule has 1 aromatic heterocycles. The van der Waals surface area contributed by atoms with Crippen molar-refractivity contribution >= 4 is 15.9 Å². The van der Waals surface area contributed by atoms with Crippen molar-refractivity contribution in [1.82, 2.24) is 9.88 Å². The third-order valence-corrected chi connectivity index (χ3v) is 6.74. The van der Waals surface area contributed by atoms with Crippen LogP contribution in [-0.2, 0) is 19.3 Å². The minimum Gasteiger partial charge on any atom is -0.489 e. The lowest BCUT2D eigenvalue weighted by atomic mass is 9.94. The number of rotatable bonds is 6. The van der Waals surface area contributed by atoms with E-state index in [0.717, 1.165) is 50.3 Å². The standard InChI is InChI=1S/C22H34N2O6S/c1-15(2)28-22(25)24-11-9-19(10-12-24)29-17-5-7-18(8-6-17)30-20-14-23-21(13-16(20)3)31(4,26)27/h13-15,17-19H,5-12H2,1-4H3. The summed E-state index contributed by atoms with van der Waals surface area (Å²) < 4.78 is 40.9. The van der Waals surface area contributed by atoms with E-state index in [1.54, 1.807) is 11.0 Å². The van der Waals surface area contributed by atoms with Gasteiger partial charge in [0, 0.05) is 19.3 Å². The largest absolute Gasteiger partial charge is 0.489 e. The van der Waals surface area contributed by atoms with Gasteiger partial charge >= 0.3 is 6.09 Å². The van der Waals surface area contributed by atoms with Crippen LogP contribution in [0.5, 0.6) is 5.75 Å². The molecule has 1 aliphatic carbocycles. The molecule has 8 nitrogen and oxygen atoms in total. The normalized spacial score (nSPS) is 23.1. The Kier molecular flexibility index (Phi) is 7.80. The highest BCUT2D eigenvalue weighted by Gasteiger charge is 2.29. The molecule has 9 heteroatoms. The number of carbonyl (C=O) groups excluding carboxylic acids is 1. The van der Waals surface area contributed by atoms with E-state index in [2.05, 4.69) is 4.98 Å². The molecule has 31 heavy (non-hydrogen) atoms. The number of amides is 1. The molecule has 0 unspecified atom stereocenters. The second-order valence-electron chi connectivity index (χ2n) is 8.83. The van der Waals surface area contributed by atoms with Gasteiger partial charge in [0.25, 0.3) is 0 Å². The Hall–Kier alpha value is -1.87. The van der Waals surface area contributed by atoms with Crippen LogP contribution in [0.25, 0.3) is 0 Å². The average molecular weight is 455 g/mol. The van der Waals surface area contributed by atoms with Gasteiger partial charge in [0.15, 0.2) is 14.9 Å². The quantitative estimate of drug-likeness (QED) is 0.649. The highest BCUT2D eigenvalue weighted by Crippen LogP contribution is 2.29. The van der Waals surface area contributed by atoms with Crippen molar-refractivity contribution in [3.05, 3.63) is 17.8 Å². The minimum atomic E-state index is -3.32. The van der Waals surface area contributed by atoms with E-state index in [1.165, 1.54) is 6.20 Å². The van der Waals surface area contributed by atoms with E-state index in [9.17, 15) is 13.2 Å². The van der Waals surface area contributed by atoms with Crippen LogP contribution in [-0.4, -0.2) is 68.2 Å². The number of aryl methyl sites for hydroxylation is 1. The highest BCUT2D eigenvalue weighted by atomic mass is 32.2. The second-order valence-corrected chi connectivity index (χ2v) is 10.8. The summed E-state index contributed by atoms with van der Waals surface area (Å²) in [5, 5.41) is 0.0676. The fraction of sp³-hybridized carbons (Fsp3) is 0.727. The molecule has 0 bridgehead atoms. The van der Waals surface area contributed by atoms with Gasteiger partial charge in [-0.15, -0.1) is 0 Å². The first-order valence-electron chi connectivity index (χ1n) is 11.1. The second kappa shape index (κ2) is 10.2. The van der Waals surface area contributed by atoms with Gasteiger partial charge in [-0.3, -0.25) is 0 Å². The summed E-state index contributed by atoms with van der Waals surface area (Å²) in [7, 11) is -3.32. The van der Waals surface area contributed by atoms with Crippen molar-refractivity contribution in [2.45, 2.75) is 88.7 Å². The number of hydrogen-bond acceptors (Lipinski definition) is 7. The Bertz CT molecular complexity index is 857. The molecule has 1 aliphatic heterocycles. The summed E-state index contributed by atoms with van der Waals surface area (Å²) in [6.07, 6.45) is 8.09. The van der Waals surface area contributed by atoms with E-state index in [0.29, 0.717) is 18.8 Å². The van der Waals surface area contributed by atoms with Gasteiger partial charge < -0.3 is 19.1 Å². The van der Waals surface area contributed by atoms with Gasteiger partial charge in [0.1, 0.15) is 5.75 Å². The topological polar surface area (TPSA) is 95.0 Å². The molecule has 2 fully saturated rings. The predicted molar refractivity (Wildman–Crippen MR) is 116 cm³/mol. The number of aromatic nitrogens is 1. The van der Waals surface area contributed by atoms with Crippen molar-refractivity contribution in [2.24, 2.45) is 0 Å². The van der Waals surface area contributed by atoms with Crippen molar-refractivity contribution in [3.8, 4) is 5.75 Å². The lowest BCUT2D eigenvalue weighted by Crippen LogP contribution is -2.43. The fourth-order valence-electron chi connectivity index (χ4n) is 4.03. The monoisotopic (exact) mass is 454 g/mol. The summed E-state index contributed by atoms with van der Waals surface area (Å²) in [5.41, 5.74) is 0.775. The Balaban J connectivity index is 1.41. The SMILES string of the molecule is Cc1cc(S(C)(=O)=O)ncc1OC1CCC(OC2CCN(C(=O)OC(C)C)CC2)CC1. The number of hydrogen-bond donors (Lipinski definition) is 0. The van der Waals surface area contributed by atoms with Crippen molar-refractivity contribution < 1.29 is 27.4 Å². The number of pyridine rings is 1. The van der Waals surface area contributed by atoms with E-state index in [-0.39, 0.29) is 35.5 Å². The summed E-state index contributed by atoms with van der Waals surface area (Å²) in [6, 6.07) is 1.56. The zero-order chi connectivity index (χ0) is 22.6. The van der Waals surface area contributed by atoms with Crippen molar-refractivity contribution in [1.29, 1.82) is 0 Å². The van der Waals surface area contributed by atoms with Gasteiger partial charge in [-0.2, -0.15) is 0 Å². The number of piperidine rings is 1. The third kappa shape index (κ3) is 6.80. The molecule has 1 saturated heterocycles. The Morgan fingerprint density at radius 1 is 1.06 bits per heavy atom. The number of carbonyl (C=O) groups is 1. The molecular formula is C22H34N2O6S. The fourth-order valence-corrected chi connectivity index (χ4v) is 4.67. The molecule has 0 atom stereocenters. The van der Waals surface area contributed by atoms with Crippen LogP contribution >= 0.6 is 0 Å². The molecule has 0 spiro atoms. The predicted octanol–water partition coefficient (Wildman–Crippen LogP) is 3.51. The molecule has 1 aromatic rings. The molecule has 2 aliphatic rings. The molecule has 1 saturated carbocycles. The molecule has 1 amide bonds. The van der Waals surface area contributed by atoms with Crippen LogP contribution in [0.3, 0.4) is 0 Å². The molecule has 3 rings (SSSR count). The highest BCUT2D eigenvalue weighted by molar-refractivity contribution is 7.90. The average Bonchev–Trinajstić information content (AvgIpc) is 2.70. The molecular weight excluding hydrogens is 420 g/mol. The van der Waals surface area contributed by atoms with Crippen LogP contribution in [0.2, 0.25) is 0 Å². The molecule has 0 radical (unpaired) electrons. The Morgan fingerprint density at radius 3 is 2.19 bits per heavy atom. The van der Waals surface area contributed by atoms with Gasteiger partial charge in [-0.1, -0.05) is 0 Å². The maximum Gasteiger partial charge on any atom is 0.410 e. The third-order valence-electron chi connectivity index (χ3n) is 5.75. The van der Waals surface area contributed by atoms with Crippen LogP contribution in [0.4, 0.5) is 4.79 Å². The number of sulfone groups is 1. The summed E-state index contributed by atoms with van der Waals surface area (Å²) in [6.45, 7) is 6.89. The zero-order valence-corrected chi connectivity index (χ0v) is 19.7. The maximum atomic E-state index is 12.0. The molecule has 0 aromatic carbocycles. The smallest absolute Gasteiger partial charge is 0.410 e. The lowest BCUT2D eigenvalue weighted by molar-refractivity contribution is -0.0657. The first-order chi connectivity index (χ1) is 14.6. The Morgan fingerprint density at radius 2 is 1.65 bits per heavy atom. The molecule has 2 heterocycles. The lowest BCUT2D eigenvalue weighted by Gasteiger charge is -2.36. The van der Waals surface area contributed by atoms with Gasteiger partial charge in [-0.25, -0.2) is 18.2 Å². The molecule has 174 valence electrons. The number of nitrogens with zero attached hydrogens (tertiary/aromatic N) is 2. The number of likely N-dealkylation sites (tertiary alicyclic amines) is 1. The Labute approximate surface area is 185 Å². The van der Waals surface area contributed by atoms with E-state index in [4.69, 9.17) is 14.2 Å². The van der Waals surface area contributed by atoms with Crippen LogP contribution in [0.15, 0.2) is 17.3 Å². The maximum absolute atomic E-state index is 12.0. The van der Waals surface area contributed by atoms with Crippen LogP contribution in [0, 0.1) is 6.92 Å². The van der Waals surface area contributed by atoms with Gasteiger partial charge in [0.05, 0.1) is 30.6 Å². The first kappa shape index (κ1) is 23.8. The van der Waals surface area contributed by atoms with Crippen LogP contribution < -0.4 is 4.74 Å². The molecule has 0 N–H and O–H groups in total. The van der Waals surface area contributed by atoms with E-state index in [1.807, 2.05) is 20.8 Å². The summed E-state index contributed by atoms with van der Waals surface area (Å²) in [4.78, 5) is 17.8. The van der Waals surface area contributed by atoms with E-state index < -0.39 is 9.84 Å². The van der Waals surface area contributed by atoms with Crippen LogP contribution in [0.1, 0.15) is 57.9 Å². The van der Waals surface area contributed by atoms with E-state index >= 15 is 0 Å². The zero-order valence-electron chi connectivity index (χ0n) is 18.9. The summed E-state index contributed by atoms with van der Waals surface area (Å²) in [5.74, 6) is 0.637. The minimum absolute atomic E-state index is 0.0676. The van der Waals surface area contributed by atoms with Crippen molar-refractivity contribution in [3.63, 3.8) is 0 Å².